The minimum Gasteiger partial charge on any atom is -0.356 e. The summed E-state index contributed by atoms with van der Waals surface area (Å²) >= 11 is 0. The Morgan fingerprint density at radius 2 is 2.06 bits per heavy atom. The summed E-state index contributed by atoms with van der Waals surface area (Å²) in [6.45, 7) is 5.80. The molecule has 174 valence electrons. The van der Waals surface area contributed by atoms with Crippen LogP contribution in [0.2, 0.25) is 0 Å². The molecule has 5 aromatic heterocycles. The van der Waals surface area contributed by atoms with Gasteiger partial charge in [0.2, 0.25) is 0 Å². The summed E-state index contributed by atoms with van der Waals surface area (Å²) in [6.07, 6.45) is 16.7. The molecule has 8 nitrogen and oxygen atoms in total. The van der Waals surface area contributed by atoms with Gasteiger partial charge in [-0.3, -0.25) is 15.1 Å². The number of pyridine rings is 2. The van der Waals surface area contributed by atoms with Crippen molar-refractivity contribution < 1.29 is 0 Å². The molecule has 0 bridgehead atoms. The Balaban J connectivity index is 1.41. The molecular weight excluding hydrogens is 436 g/mol. The van der Waals surface area contributed by atoms with Gasteiger partial charge in [-0.2, -0.15) is 5.10 Å². The molecule has 0 fully saturated rings. The molecular formula is C27H26N8. The van der Waals surface area contributed by atoms with Gasteiger partial charge in [0.25, 0.3) is 0 Å². The average molecular weight is 463 g/mol. The highest BCUT2D eigenvalue weighted by Gasteiger charge is 2.19. The zero-order valence-electron chi connectivity index (χ0n) is 19.7. The molecule has 0 aliphatic heterocycles. The molecule has 0 unspecified atom stereocenters. The molecule has 0 radical (unpaired) electrons. The maximum Gasteiger partial charge on any atom is 0.116 e. The van der Waals surface area contributed by atoms with E-state index in [1.807, 2.05) is 38.0 Å². The number of rotatable bonds is 6. The number of aromatic amines is 2. The lowest BCUT2D eigenvalue weighted by atomic mass is 10.1. The van der Waals surface area contributed by atoms with E-state index in [2.05, 4.69) is 83.4 Å². The first kappa shape index (κ1) is 21.2. The minimum absolute atomic E-state index is 0.783. The maximum absolute atomic E-state index is 4.67. The lowest BCUT2D eigenvalue weighted by molar-refractivity contribution is 0.724. The quantitative estimate of drug-likeness (QED) is 0.342. The Kier molecular flexibility index (Phi) is 5.35. The first-order valence-corrected chi connectivity index (χ1v) is 11.8. The normalized spacial score (nSPS) is 13.1. The van der Waals surface area contributed by atoms with Crippen molar-refractivity contribution in [3.8, 4) is 22.6 Å². The largest absolute Gasteiger partial charge is 0.356 e. The number of hydrogen-bond donors (Lipinski definition) is 3. The molecule has 1 aliphatic rings. The predicted octanol–water partition coefficient (Wildman–Crippen LogP) is 4.63. The number of imidazole rings is 1. The van der Waals surface area contributed by atoms with Gasteiger partial charge in [0.1, 0.15) is 5.69 Å². The second kappa shape index (κ2) is 8.81. The molecule has 8 heteroatoms. The Labute approximate surface area is 202 Å². The summed E-state index contributed by atoms with van der Waals surface area (Å²) < 4.78 is 2.07. The Morgan fingerprint density at radius 1 is 1.11 bits per heavy atom. The van der Waals surface area contributed by atoms with Gasteiger partial charge in [0, 0.05) is 53.8 Å². The van der Waals surface area contributed by atoms with E-state index >= 15 is 0 Å². The fourth-order valence-corrected chi connectivity index (χ4v) is 4.50. The van der Waals surface area contributed by atoms with Crippen LogP contribution in [0.4, 0.5) is 0 Å². The van der Waals surface area contributed by atoms with Crippen molar-refractivity contribution >= 4 is 16.6 Å². The van der Waals surface area contributed by atoms with Gasteiger partial charge in [-0.25, -0.2) is 4.98 Å². The summed E-state index contributed by atoms with van der Waals surface area (Å²) in [4.78, 5) is 17.1. The number of aromatic nitrogens is 7. The monoisotopic (exact) mass is 462 g/mol. The van der Waals surface area contributed by atoms with Gasteiger partial charge in [-0.05, 0) is 43.3 Å². The van der Waals surface area contributed by atoms with E-state index in [0.717, 1.165) is 81.3 Å². The summed E-state index contributed by atoms with van der Waals surface area (Å²) in [7, 11) is 0. The van der Waals surface area contributed by atoms with Crippen molar-refractivity contribution in [1.29, 1.82) is 0 Å². The zero-order valence-corrected chi connectivity index (χ0v) is 19.7. The molecule has 35 heavy (non-hydrogen) atoms. The van der Waals surface area contributed by atoms with Crippen molar-refractivity contribution in [3.63, 3.8) is 0 Å². The molecule has 0 saturated heterocycles. The summed E-state index contributed by atoms with van der Waals surface area (Å²) in [5.74, 6) is 0. The fraction of sp³-hybridized carbons (Fsp3) is 0.185. The van der Waals surface area contributed by atoms with E-state index in [9.17, 15) is 0 Å². The zero-order chi connectivity index (χ0) is 23.8. The van der Waals surface area contributed by atoms with Gasteiger partial charge in [-0.1, -0.05) is 19.1 Å². The molecule has 0 spiro atoms. The third-order valence-corrected chi connectivity index (χ3v) is 6.25. The fourth-order valence-electron chi connectivity index (χ4n) is 4.50. The van der Waals surface area contributed by atoms with Crippen LogP contribution in [0.25, 0.3) is 39.2 Å². The molecule has 6 rings (SSSR count). The number of aryl methyl sites for hydroxylation is 1. The summed E-state index contributed by atoms with van der Waals surface area (Å²) in [6, 6.07) is 6.40. The smallest absolute Gasteiger partial charge is 0.116 e. The second-order valence-corrected chi connectivity index (χ2v) is 8.73. The van der Waals surface area contributed by atoms with Gasteiger partial charge in [0.05, 0.1) is 40.8 Å². The van der Waals surface area contributed by atoms with E-state index in [1.165, 1.54) is 0 Å². The molecule has 0 saturated carbocycles. The van der Waals surface area contributed by atoms with Crippen LogP contribution in [-0.4, -0.2) is 41.2 Å². The Morgan fingerprint density at radius 3 is 2.91 bits per heavy atom. The third kappa shape index (κ3) is 3.98. The standard InChI is InChI=1S/C27H26N8/c1-3-28-11-18-8-19(13-29-12-18)23-10-21-25(14-30-23)33-34-27(21)24-9-20-22(32-24)6-4-5-7-26(20)35-15-17(2)31-16-35/h4-5,7-10,12-16,28,32H,3,6,11H2,1-2H3,(H,33,34). The number of H-pyrrole nitrogens is 2. The molecule has 0 aromatic carbocycles. The number of hydrogen-bond acceptors (Lipinski definition) is 5. The Bertz CT molecular complexity index is 1580. The van der Waals surface area contributed by atoms with E-state index in [1.54, 1.807) is 0 Å². The number of nitrogens with one attached hydrogen (secondary N) is 3. The van der Waals surface area contributed by atoms with Gasteiger partial charge in [-0.15, -0.1) is 0 Å². The van der Waals surface area contributed by atoms with Crippen LogP contribution in [0.3, 0.4) is 0 Å². The third-order valence-electron chi connectivity index (χ3n) is 6.25. The van der Waals surface area contributed by atoms with Gasteiger partial charge < -0.3 is 14.9 Å². The predicted molar refractivity (Wildman–Crippen MR) is 137 cm³/mol. The summed E-state index contributed by atoms with van der Waals surface area (Å²) in [5, 5.41) is 12.2. The van der Waals surface area contributed by atoms with Crippen molar-refractivity contribution in [3.05, 3.63) is 90.1 Å². The first-order chi connectivity index (χ1) is 17.2. The first-order valence-electron chi connectivity index (χ1n) is 11.8. The van der Waals surface area contributed by atoms with E-state index < -0.39 is 0 Å². The average Bonchev–Trinajstić information content (AvgIpc) is 3.58. The molecule has 5 heterocycles. The van der Waals surface area contributed by atoms with Crippen LogP contribution in [-0.2, 0) is 13.0 Å². The minimum atomic E-state index is 0.783. The van der Waals surface area contributed by atoms with E-state index in [0.29, 0.717) is 0 Å². The lowest BCUT2D eigenvalue weighted by Crippen LogP contribution is -2.11. The SMILES string of the molecule is CCNCc1cncc(-c2cc3c(-c4cc5c([nH]4)CC=CC=C5n4cnc(C)c4)n[nH]c3cn2)c1. The molecule has 0 amide bonds. The Hall–Kier alpha value is -4.30. The molecule has 5 aromatic rings. The van der Waals surface area contributed by atoms with Crippen molar-refractivity contribution in [2.75, 3.05) is 6.54 Å². The van der Waals surface area contributed by atoms with Crippen LogP contribution < -0.4 is 5.32 Å². The van der Waals surface area contributed by atoms with Crippen molar-refractivity contribution in [2.24, 2.45) is 0 Å². The van der Waals surface area contributed by atoms with Gasteiger partial charge in [0.15, 0.2) is 0 Å². The number of nitrogens with zero attached hydrogens (tertiary/aromatic N) is 5. The molecule has 3 N–H and O–H groups in total. The van der Waals surface area contributed by atoms with Gasteiger partial charge >= 0.3 is 0 Å². The highest BCUT2D eigenvalue weighted by atomic mass is 15.1. The summed E-state index contributed by atoms with van der Waals surface area (Å²) in [5.41, 5.74) is 10.1. The highest BCUT2D eigenvalue weighted by molar-refractivity contribution is 5.94. The van der Waals surface area contributed by atoms with Crippen molar-refractivity contribution in [2.45, 2.75) is 26.8 Å². The second-order valence-electron chi connectivity index (χ2n) is 8.73. The van der Waals surface area contributed by atoms with Crippen LogP contribution in [0.5, 0.6) is 0 Å². The van der Waals surface area contributed by atoms with Crippen molar-refractivity contribution in [1.82, 2.24) is 40.0 Å². The van der Waals surface area contributed by atoms with Crippen LogP contribution in [0.15, 0.2) is 67.5 Å². The van der Waals surface area contributed by atoms with Crippen LogP contribution in [0.1, 0.15) is 29.4 Å². The lowest BCUT2D eigenvalue weighted by Gasteiger charge is -2.07. The molecule has 1 aliphatic carbocycles. The maximum atomic E-state index is 4.67. The topological polar surface area (TPSA) is 100 Å². The van der Waals surface area contributed by atoms with E-state index in [-0.39, 0.29) is 0 Å². The van der Waals surface area contributed by atoms with E-state index in [4.69, 9.17) is 0 Å². The number of allylic oxidation sites excluding steroid dienone is 3. The molecule has 0 atom stereocenters. The van der Waals surface area contributed by atoms with Crippen LogP contribution in [0, 0.1) is 6.92 Å². The number of fused-ring (bicyclic) bond motifs is 2. The highest BCUT2D eigenvalue weighted by Crippen LogP contribution is 2.33. The van der Waals surface area contributed by atoms with Crippen LogP contribution >= 0.6 is 0 Å².